The van der Waals surface area contributed by atoms with Gasteiger partial charge >= 0.3 is 0 Å². The molecule has 1 aromatic carbocycles. The van der Waals surface area contributed by atoms with Crippen LogP contribution in [0, 0.1) is 5.92 Å². The summed E-state index contributed by atoms with van der Waals surface area (Å²) in [5.41, 5.74) is 3.90. The Hall–Kier alpha value is -2.63. The molecule has 2 heterocycles. The van der Waals surface area contributed by atoms with Crippen LogP contribution in [0.15, 0.2) is 24.3 Å². The quantitative estimate of drug-likeness (QED) is 0.627. The normalized spacial score (nSPS) is 18.9. The van der Waals surface area contributed by atoms with Gasteiger partial charge in [-0.3, -0.25) is 4.79 Å². The van der Waals surface area contributed by atoms with Crippen molar-refractivity contribution in [2.75, 3.05) is 23.8 Å². The number of fused-ring (bicyclic) bond motifs is 1. The van der Waals surface area contributed by atoms with Gasteiger partial charge < -0.3 is 15.1 Å². The first kappa shape index (κ1) is 21.2. The van der Waals surface area contributed by atoms with E-state index in [0.717, 1.165) is 29.5 Å². The molecule has 32 heavy (non-hydrogen) atoms. The van der Waals surface area contributed by atoms with Crippen molar-refractivity contribution < 1.29 is 4.79 Å². The van der Waals surface area contributed by atoms with Crippen LogP contribution in [0.3, 0.4) is 0 Å². The standard InChI is InChI=1S/C26H35N5O/c1-17(2)31-16-22-23(25(31)32)28-26(30(3)15-18-9-10-18)29-24(22)27-21-13-11-20(12-14-21)19-7-5-4-6-8-19/h11-14,17-19H,4-10,15-16H2,1-3H3,(H,27,28,29). The van der Waals surface area contributed by atoms with Gasteiger partial charge in [0.25, 0.3) is 5.91 Å². The highest BCUT2D eigenvalue weighted by molar-refractivity contribution is 5.98. The highest BCUT2D eigenvalue weighted by atomic mass is 16.2. The lowest BCUT2D eigenvalue weighted by molar-refractivity contribution is 0.0726. The zero-order valence-corrected chi connectivity index (χ0v) is 19.6. The average molecular weight is 434 g/mol. The molecule has 6 nitrogen and oxygen atoms in total. The molecule has 1 amide bonds. The number of benzene rings is 1. The molecule has 6 heteroatoms. The Labute approximate surface area is 191 Å². The maximum atomic E-state index is 13.1. The van der Waals surface area contributed by atoms with E-state index in [2.05, 4.69) is 48.3 Å². The second-order valence-corrected chi connectivity index (χ2v) is 10.1. The first-order valence-electron chi connectivity index (χ1n) is 12.3. The van der Waals surface area contributed by atoms with Crippen LogP contribution in [0.25, 0.3) is 0 Å². The van der Waals surface area contributed by atoms with Crippen LogP contribution in [0.5, 0.6) is 0 Å². The molecular formula is C26H35N5O. The minimum atomic E-state index is 0.00849. The molecule has 2 fully saturated rings. The number of amides is 1. The predicted octanol–water partition coefficient (Wildman–Crippen LogP) is 5.48. The van der Waals surface area contributed by atoms with E-state index in [0.29, 0.717) is 24.1 Å². The average Bonchev–Trinajstić information content (AvgIpc) is 3.55. The summed E-state index contributed by atoms with van der Waals surface area (Å²) in [5.74, 6) is 2.82. The minimum absolute atomic E-state index is 0.00849. The number of anilines is 3. The number of rotatable bonds is 7. The molecule has 2 aliphatic carbocycles. The smallest absolute Gasteiger partial charge is 0.273 e. The lowest BCUT2D eigenvalue weighted by atomic mass is 9.84. The van der Waals surface area contributed by atoms with Crippen LogP contribution in [0.1, 0.15) is 86.3 Å². The van der Waals surface area contributed by atoms with E-state index >= 15 is 0 Å². The fraction of sp³-hybridized carbons (Fsp3) is 0.577. The van der Waals surface area contributed by atoms with Gasteiger partial charge in [0.2, 0.25) is 5.95 Å². The fourth-order valence-corrected chi connectivity index (χ4v) is 5.05. The molecule has 0 bridgehead atoms. The van der Waals surface area contributed by atoms with Crippen molar-refractivity contribution >= 4 is 23.4 Å². The lowest BCUT2D eigenvalue weighted by Gasteiger charge is -2.22. The van der Waals surface area contributed by atoms with Gasteiger partial charge in [0.05, 0.1) is 6.54 Å². The first-order chi connectivity index (χ1) is 15.5. The Morgan fingerprint density at radius 1 is 1.06 bits per heavy atom. The molecule has 0 unspecified atom stereocenters. The van der Waals surface area contributed by atoms with Gasteiger partial charge in [-0.25, -0.2) is 4.98 Å². The molecular weight excluding hydrogens is 398 g/mol. The number of hydrogen-bond donors (Lipinski definition) is 1. The summed E-state index contributed by atoms with van der Waals surface area (Å²) in [5, 5.41) is 3.52. The first-order valence-corrected chi connectivity index (χ1v) is 12.3. The van der Waals surface area contributed by atoms with Crippen LogP contribution in [0.4, 0.5) is 17.5 Å². The molecule has 170 valence electrons. The summed E-state index contributed by atoms with van der Waals surface area (Å²) in [6, 6.07) is 8.95. The monoisotopic (exact) mass is 433 g/mol. The topological polar surface area (TPSA) is 61.4 Å². The molecule has 0 saturated heterocycles. The van der Waals surface area contributed by atoms with Gasteiger partial charge in [-0.05, 0) is 69.1 Å². The highest BCUT2D eigenvalue weighted by Crippen LogP contribution is 2.36. The molecule has 5 rings (SSSR count). The summed E-state index contributed by atoms with van der Waals surface area (Å²) < 4.78 is 0. The molecule has 1 N–H and O–H groups in total. The molecule has 1 aromatic heterocycles. The van der Waals surface area contributed by atoms with Crippen LogP contribution in [-0.4, -0.2) is 40.4 Å². The van der Waals surface area contributed by atoms with Crippen molar-refractivity contribution in [3.05, 3.63) is 41.1 Å². The van der Waals surface area contributed by atoms with Gasteiger partial charge in [0.15, 0.2) is 0 Å². The third-order valence-corrected chi connectivity index (χ3v) is 7.23. The van der Waals surface area contributed by atoms with Crippen LogP contribution >= 0.6 is 0 Å². The van der Waals surface area contributed by atoms with Crippen LogP contribution in [-0.2, 0) is 6.54 Å². The highest BCUT2D eigenvalue weighted by Gasteiger charge is 2.35. The largest absolute Gasteiger partial charge is 0.344 e. The lowest BCUT2D eigenvalue weighted by Crippen LogP contribution is -2.31. The maximum Gasteiger partial charge on any atom is 0.273 e. The maximum absolute atomic E-state index is 13.1. The zero-order valence-electron chi connectivity index (χ0n) is 19.6. The van der Waals surface area contributed by atoms with Crippen molar-refractivity contribution in [3.63, 3.8) is 0 Å². The van der Waals surface area contributed by atoms with Crippen molar-refractivity contribution in [1.29, 1.82) is 0 Å². The van der Waals surface area contributed by atoms with Gasteiger partial charge in [-0.2, -0.15) is 4.98 Å². The third-order valence-electron chi connectivity index (χ3n) is 7.23. The Kier molecular flexibility index (Phi) is 5.78. The molecule has 1 aliphatic heterocycles. The summed E-state index contributed by atoms with van der Waals surface area (Å²) in [6.45, 7) is 5.60. The van der Waals surface area contributed by atoms with Crippen molar-refractivity contribution in [3.8, 4) is 0 Å². The minimum Gasteiger partial charge on any atom is -0.344 e. The Morgan fingerprint density at radius 2 is 1.78 bits per heavy atom. The number of nitrogens with one attached hydrogen (secondary N) is 1. The van der Waals surface area contributed by atoms with E-state index in [1.165, 1.54) is 50.5 Å². The molecule has 2 aromatic rings. The summed E-state index contributed by atoms with van der Waals surface area (Å²) in [4.78, 5) is 26.6. The Balaban J connectivity index is 1.42. The number of nitrogens with zero attached hydrogens (tertiary/aromatic N) is 4. The van der Waals surface area contributed by atoms with E-state index in [4.69, 9.17) is 9.97 Å². The predicted molar refractivity (Wildman–Crippen MR) is 129 cm³/mol. The molecule has 2 saturated carbocycles. The zero-order chi connectivity index (χ0) is 22.2. The van der Waals surface area contributed by atoms with Crippen LogP contribution in [0.2, 0.25) is 0 Å². The SMILES string of the molecule is CC(C)N1Cc2c(Nc3ccc(C4CCCCC4)cc3)nc(N(C)CC3CC3)nc2C1=O. The Bertz CT molecular complexity index is 976. The van der Waals surface area contributed by atoms with Gasteiger partial charge in [0, 0.05) is 30.9 Å². The van der Waals surface area contributed by atoms with Gasteiger partial charge in [-0.1, -0.05) is 31.4 Å². The number of carbonyl (C=O) groups is 1. The number of hydrogen-bond acceptors (Lipinski definition) is 5. The molecule has 0 spiro atoms. The van der Waals surface area contributed by atoms with Gasteiger partial charge in [-0.15, -0.1) is 0 Å². The van der Waals surface area contributed by atoms with Crippen molar-refractivity contribution in [1.82, 2.24) is 14.9 Å². The number of carbonyl (C=O) groups excluding carboxylic acids is 1. The summed E-state index contributed by atoms with van der Waals surface area (Å²) >= 11 is 0. The van der Waals surface area contributed by atoms with E-state index in [1.54, 1.807) is 0 Å². The van der Waals surface area contributed by atoms with E-state index in [-0.39, 0.29) is 11.9 Å². The second kappa shape index (κ2) is 8.72. The number of aromatic nitrogens is 2. The summed E-state index contributed by atoms with van der Waals surface area (Å²) in [7, 11) is 2.03. The fourth-order valence-electron chi connectivity index (χ4n) is 5.05. The second-order valence-electron chi connectivity index (χ2n) is 10.1. The van der Waals surface area contributed by atoms with Crippen LogP contribution < -0.4 is 10.2 Å². The summed E-state index contributed by atoms with van der Waals surface area (Å²) in [6.07, 6.45) is 9.21. The Morgan fingerprint density at radius 3 is 2.44 bits per heavy atom. The molecule has 0 radical (unpaired) electrons. The van der Waals surface area contributed by atoms with E-state index in [1.807, 2.05) is 11.9 Å². The molecule has 0 atom stereocenters. The van der Waals surface area contributed by atoms with Crippen molar-refractivity contribution in [2.24, 2.45) is 5.92 Å². The van der Waals surface area contributed by atoms with E-state index < -0.39 is 0 Å². The van der Waals surface area contributed by atoms with E-state index in [9.17, 15) is 4.79 Å². The third kappa shape index (κ3) is 4.32. The van der Waals surface area contributed by atoms with Crippen molar-refractivity contribution in [2.45, 2.75) is 77.3 Å². The molecule has 3 aliphatic rings. The van der Waals surface area contributed by atoms with Gasteiger partial charge in [0.1, 0.15) is 11.5 Å².